The van der Waals surface area contributed by atoms with Crippen LogP contribution < -0.4 is 10.1 Å². The molecule has 0 saturated carbocycles. The van der Waals surface area contributed by atoms with E-state index in [-0.39, 0.29) is 5.75 Å². The average molecular weight is 328 g/mol. The van der Waals surface area contributed by atoms with Crippen LogP contribution in [-0.4, -0.2) is 6.61 Å². The van der Waals surface area contributed by atoms with E-state index >= 15 is 0 Å². The summed E-state index contributed by atoms with van der Waals surface area (Å²) in [4.78, 5) is 0. The molecule has 0 atom stereocenters. The molecule has 0 aliphatic heterocycles. The van der Waals surface area contributed by atoms with Gasteiger partial charge in [0.1, 0.15) is 5.75 Å². The van der Waals surface area contributed by atoms with Gasteiger partial charge in [-0.25, -0.2) is 0 Å². The van der Waals surface area contributed by atoms with Crippen LogP contribution in [0.25, 0.3) is 0 Å². The van der Waals surface area contributed by atoms with Crippen LogP contribution in [0.5, 0.6) is 5.75 Å². The van der Waals surface area contributed by atoms with Gasteiger partial charge in [0, 0.05) is 22.3 Å². The molecule has 0 aliphatic carbocycles. The lowest BCUT2D eigenvalue weighted by Crippen LogP contribution is -2.07. The summed E-state index contributed by atoms with van der Waals surface area (Å²) in [7, 11) is 0. The van der Waals surface area contributed by atoms with E-state index in [1.54, 1.807) is 18.2 Å². The molecule has 0 bridgehead atoms. The summed E-state index contributed by atoms with van der Waals surface area (Å²) in [5, 5.41) is 3.16. The molecule has 2 aromatic carbocycles. The quantitative estimate of drug-likeness (QED) is 0.862. The largest absolute Gasteiger partial charge is 0.434 e. The summed E-state index contributed by atoms with van der Waals surface area (Å²) in [5.74, 6) is 0.194. The first kappa shape index (κ1) is 13.8. The van der Waals surface area contributed by atoms with E-state index < -0.39 is 6.61 Å². The van der Waals surface area contributed by atoms with Crippen molar-refractivity contribution >= 4 is 21.6 Å². The number of nitrogens with one attached hydrogen (secondary N) is 1. The normalized spacial score (nSPS) is 10.5. The Kier molecular flexibility index (Phi) is 4.74. The van der Waals surface area contributed by atoms with Crippen LogP contribution in [-0.2, 0) is 6.54 Å². The van der Waals surface area contributed by atoms with E-state index in [0.717, 1.165) is 10.2 Å². The van der Waals surface area contributed by atoms with Crippen molar-refractivity contribution in [1.29, 1.82) is 0 Å². The van der Waals surface area contributed by atoms with Crippen LogP contribution in [0.15, 0.2) is 53.0 Å². The molecule has 0 spiro atoms. The Hall–Kier alpha value is -1.62. The van der Waals surface area contributed by atoms with E-state index in [9.17, 15) is 8.78 Å². The monoisotopic (exact) mass is 327 g/mol. The summed E-state index contributed by atoms with van der Waals surface area (Å²) < 4.78 is 30.0. The number of rotatable bonds is 5. The van der Waals surface area contributed by atoms with Crippen LogP contribution >= 0.6 is 15.9 Å². The van der Waals surface area contributed by atoms with Crippen LogP contribution in [0.1, 0.15) is 5.56 Å². The summed E-state index contributed by atoms with van der Waals surface area (Å²) in [6.07, 6.45) is 0. The summed E-state index contributed by atoms with van der Waals surface area (Å²) >= 11 is 3.37. The number of hydrogen-bond acceptors (Lipinski definition) is 2. The van der Waals surface area contributed by atoms with Crippen LogP contribution in [0.4, 0.5) is 14.5 Å². The number of alkyl halides is 2. The predicted molar refractivity (Wildman–Crippen MR) is 74.5 cm³/mol. The molecular formula is C14H12BrF2NO. The molecule has 2 rings (SSSR count). The highest BCUT2D eigenvalue weighted by atomic mass is 79.9. The first-order valence-electron chi connectivity index (χ1n) is 5.67. The molecule has 19 heavy (non-hydrogen) atoms. The predicted octanol–water partition coefficient (Wildman–Crippen LogP) is 4.66. The third-order valence-corrected chi connectivity index (χ3v) is 2.99. The molecule has 0 radical (unpaired) electrons. The van der Waals surface area contributed by atoms with Gasteiger partial charge in [-0.3, -0.25) is 0 Å². The molecule has 2 aromatic rings. The maximum absolute atomic E-state index is 12.3. The Morgan fingerprint density at radius 3 is 2.63 bits per heavy atom. The van der Waals surface area contributed by atoms with Crippen LogP contribution in [0.2, 0.25) is 0 Å². The Labute approximate surface area is 118 Å². The van der Waals surface area contributed by atoms with Crippen molar-refractivity contribution in [2.45, 2.75) is 13.2 Å². The molecule has 0 unspecified atom stereocenters. The molecular weight excluding hydrogens is 316 g/mol. The van der Waals surface area contributed by atoms with E-state index in [1.807, 2.05) is 24.3 Å². The fraction of sp³-hybridized carbons (Fsp3) is 0.143. The third kappa shape index (κ3) is 4.21. The zero-order valence-corrected chi connectivity index (χ0v) is 11.5. The average Bonchev–Trinajstić information content (AvgIpc) is 2.37. The molecule has 0 aromatic heterocycles. The maximum Gasteiger partial charge on any atom is 0.387 e. The number of para-hydroxylation sites is 1. The highest BCUT2D eigenvalue weighted by Crippen LogP contribution is 2.22. The maximum atomic E-state index is 12.3. The SMILES string of the molecule is FC(F)Oc1ccccc1CNc1cccc(Br)c1. The van der Waals surface area contributed by atoms with Gasteiger partial charge in [-0.2, -0.15) is 8.78 Å². The standard InChI is InChI=1S/C14H12BrF2NO/c15-11-5-3-6-12(8-11)18-9-10-4-1-2-7-13(10)19-14(16)17/h1-8,14,18H,9H2. The van der Waals surface area contributed by atoms with Gasteiger partial charge < -0.3 is 10.1 Å². The molecule has 0 amide bonds. The number of hydrogen-bond donors (Lipinski definition) is 1. The Morgan fingerprint density at radius 1 is 1.11 bits per heavy atom. The fourth-order valence-corrected chi connectivity index (χ4v) is 2.06. The number of benzene rings is 2. The molecule has 0 fully saturated rings. The topological polar surface area (TPSA) is 21.3 Å². The number of ether oxygens (including phenoxy) is 1. The second kappa shape index (κ2) is 6.52. The minimum absolute atomic E-state index is 0.194. The lowest BCUT2D eigenvalue weighted by Gasteiger charge is -2.12. The van der Waals surface area contributed by atoms with Gasteiger partial charge in [0.05, 0.1) is 0 Å². The van der Waals surface area contributed by atoms with Crippen molar-refractivity contribution in [3.05, 3.63) is 58.6 Å². The third-order valence-electron chi connectivity index (χ3n) is 2.50. The molecule has 0 saturated heterocycles. The number of anilines is 1. The van der Waals surface area contributed by atoms with E-state index in [2.05, 4.69) is 26.0 Å². The summed E-state index contributed by atoms with van der Waals surface area (Å²) in [5.41, 5.74) is 1.59. The second-order valence-corrected chi connectivity index (χ2v) is 4.77. The van der Waals surface area contributed by atoms with E-state index in [4.69, 9.17) is 0 Å². The van der Waals surface area contributed by atoms with Gasteiger partial charge in [0.15, 0.2) is 0 Å². The Balaban J connectivity index is 2.07. The fourth-order valence-electron chi connectivity index (χ4n) is 1.66. The van der Waals surface area contributed by atoms with Crippen molar-refractivity contribution in [3.8, 4) is 5.75 Å². The zero-order chi connectivity index (χ0) is 13.7. The van der Waals surface area contributed by atoms with Crippen LogP contribution in [0.3, 0.4) is 0 Å². The lowest BCUT2D eigenvalue weighted by atomic mass is 10.2. The van der Waals surface area contributed by atoms with Crippen LogP contribution in [0, 0.1) is 0 Å². The molecule has 0 heterocycles. The molecule has 0 aliphatic rings. The molecule has 5 heteroatoms. The smallest absolute Gasteiger partial charge is 0.387 e. The lowest BCUT2D eigenvalue weighted by molar-refractivity contribution is -0.0504. The van der Waals surface area contributed by atoms with Crippen molar-refractivity contribution < 1.29 is 13.5 Å². The summed E-state index contributed by atoms with van der Waals surface area (Å²) in [6, 6.07) is 14.4. The van der Waals surface area contributed by atoms with Gasteiger partial charge >= 0.3 is 6.61 Å². The Bertz CT molecular complexity index is 548. The highest BCUT2D eigenvalue weighted by molar-refractivity contribution is 9.10. The van der Waals surface area contributed by atoms with Gasteiger partial charge in [0.25, 0.3) is 0 Å². The number of halogens is 3. The highest BCUT2D eigenvalue weighted by Gasteiger charge is 2.08. The molecule has 2 nitrogen and oxygen atoms in total. The van der Waals surface area contributed by atoms with Crippen molar-refractivity contribution in [2.24, 2.45) is 0 Å². The first-order valence-corrected chi connectivity index (χ1v) is 6.46. The van der Waals surface area contributed by atoms with Gasteiger partial charge in [-0.15, -0.1) is 0 Å². The minimum Gasteiger partial charge on any atom is -0.434 e. The summed E-state index contributed by atoms with van der Waals surface area (Å²) in [6.45, 7) is -2.40. The van der Waals surface area contributed by atoms with Gasteiger partial charge in [-0.1, -0.05) is 40.2 Å². The van der Waals surface area contributed by atoms with Crippen molar-refractivity contribution in [1.82, 2.24) is 0 Å². The minimum atomic E-state index is -2.81. The van der Waals surface area contributed by atoms with E-state index in [0.29, 0.717) is 12.1 Å². The van der Waals surface area contributed by atoms with Gasteiger partial charge in [-0.05, 0) is 24.3 Å². The van der Waals surface area contributed by atoms with Gasteiger partial charge in [0.2, 0.25) is 0 Å². The Morgan fingerprint density at radius 2 is 1.89 bits per heavy atom. The van der Waals surface area contributed by atoms with Crippen molar-refractivity contribution in [3.63, 3.8) is 0 Å². The van der Waals surface area contributed by atoms with E-state index in [1.165, 1.54) is 6.07 Å². The molecule has 1 N–H and O–H groups in total. The first-order chi connectivity index (χ1) is 9.15. The molecule has 100 valence electrons. The van der Waals surface area contributed by atoms with Crippen molar-refractivity contribution in [2.75, 3.05) is 5.32 Å². The zero-order valence-electron chi connectivity index (χ0n) is 9.95. The second-order valence-electron chi connectivity index (χ2n) is 3.85.